The predicted molar refractivity (Wildman–Crippen MR) is 114 cm³/mol. The maximum Gasteiger partial charge on any atom is 0.244 e. The first-order valence-electron chi connectivity index (χ1n) is 9.81. The molecule has 1 aliphatic heterocycles. The Labute approximate surface area is 175 Å². The number of aromatic amines is 1. The largest absolute Gasteiger partial charge is 0.489 e. The monoisotopic (exact) mass is 400 g/mol. The van der Waals surface area contributed by atoms with Crippen molar-refractivity contribution in [3.8, 4) is 17.7 Å². The maximum absolute atomic E-state index is 9.79. The summed E-state index contributed by atoms with van der Waals surface area (Å²) in [5.41, 5.74) is 10.0. The molecule has 0 saturated carbocycles. The topological polar surface area (TPSA) is 97.0 Å². The smallest absolute Gasteiger partial charge is 0.244 e. The van der Waals surface area contributed by atoms with Crippen LogP contribution in [0.5, 0.6) is 11.6 Å². The number of aromatic nitrogens is 2. The molecule has 6 heteroatoms. The van der Waals surface area contributed by atoms with Crippen molar-refractivity contribution in [1.29, 1.82) is 5.26 Å². The zero-order valence-corrected chi connectivity index (χ0v) is 17.3. The molecule has 2 heterocycles. The third kappa shape index (κ3) is 3.62. The molecule has 30 heavy (non-hydrogen) atoms. The van der Waals surface area contributed by atoms with E-state index >= 15 is 0 Å². The minimum Gasteiger partial charge on any atom is -0.489 e. The van der Waals surface area contributed by atoms with Crippen molar-refractivity contribution < 1.29 is 9.47 Å². The SMILES string of the molecule is CC(C)(C)c1[nH]nc2c1C(c1ccc(OCc3ccccc3)cc1)C(C#N)=C(N)O2. The summed E-state index contributed by atoms with van der Waals surface area (Å²) in [4.78, 5) is 0. The summed E-state index contributed by atoms with van der Waals surface area (Å²) in [5, 5.41) is 17.2. The number of fused-ring (bicyclic) bond motifs is 1. The first-order valence-corrected chi connectivity index (χ1v) is 9.81. The standard InChI is InChI=1S/C24H24N4O2/c1-24(2,3)21-20-19(18(13-25)22(26)30-23(20)28-27-21)16-9-11-17(12-10-16)29-14-15-7-5-4-6-8-15/h4-12,19H,14,26H2,1-3H3,(H,27,28). The second-order valence-electron chi connectivity index (χ2n) is 8.34. The molecule has 4 rings (SSSR count). The van der Waals surface area contributed by atoms with E-state index in [1.807, 2.05) is 54.6 Å². The van der Waals surface area contributed by atoms with Gasteiger partial charge in [0.25, 0.3) is 0 Å². The number of benzene rings is 2. The van der Waals surface area contributed by atoms with Crippen LogP contribution in [-0.4, -0.2) is 10.2 Å². The molecule has 1 unspecified atom stereocenters. The van der Waals surface area contributed by atoms with Gasteiger partial charge >= 0.3 is 0 Å². The Hall–Kier alpha value is -3.72. The van der Waals surface area contributed by atoms with E-state index in [0.717, 1.165) is 28.1 Å². The Bertz CT molecular complexity index is 1120. The number of nitrogens with zero attached hydrogens (tertiary/aromatic N) is 2. The Morgan fingerprint density at radius 3 is 2.47 bits per heavy atom. The van der Waals surface area contributed by atoms with E-state index in [9.17, 15) is 5.26 Å². The lowest BCUT2D eigenvalue weighted by Gasteiger charge is -2.27. The van der Waals surface area contributed by atoms with E-state index in [1.165, 1.54) is 0 Å². The molecule has 1 aliphatic rings. The molecule has 2 aromatic carbocycles. The number of nitrogens with one attached hydrogen (secondary N) is 1. The average Bonchev–Trinajstić information content (AvgIpc) is 3.16. The highest BCUT2D eigenvalue weighted by Crippen LogP contribution is 2.45. The van der Waals surface area contributed by atoms with Gasteiger partial charge in [-0.15, -0.1) is 5.10 Å². The fraction of sp³-hybridized carbons (Fsp3) is 0.250. The van der Waals surface area contributed by atoms with Crippen molar-refractivity contribution in [2.45, 2.75) is 38.7 Å². The molecule has 0 spiro atoms. The minimum atomic E-state index is -0.352. The van der Waals surface area contributed by atoms with E-state index in [2.05, 4.69) is 37.0 Å². The highest BCUT2D eigenvalue weighted by Gasteiger charge is 2.37. The molecule has 0 aliphatic carbocycles. The number of nitriles is 1. The van der Waals surface area contributed by atoms with Gasteiger partial charge in [-0.05, 0) is 23.3 Å². The molecule has 6 nitrogen and oxygen atoms in total. The van der Waals surface area contributed by atoms with Gasteiger partial charge in [0.05, 0.1) is 11.5 Å². The van der Waals surface area contributed by atoms with Gasteiger partial charge < -0.3 is 15.2 Å². The fourth-order valence-corrected chi connectivity index (χ4v) is 3.65. The van der Waals surface area contributed by atoms with Crippen LogP contribution >= 0.6 is 0 Å². The lowest BCUT2D eigenvalue weighted by molar-refractivity contribution is 0.306. The Balaban J connectivity index is 1.67. The average molecular weight is 400 g/mol. The molecular formula is C24H24N4O2. The van der Waals surface area contributed by atoms with Crippen molar-refractivity contribution in [2.75, 3.05) is 0 Å². The van der Waals surface area contributed by atoms with Gasteiger partial charge in [-0.3, -0.25) is 5.10 Å². The summed E-state index contributed by atoms with van der Waals surface area (Å²) in [6.45, 7) is 6.76. The van der Waals surface area contributed by atoms with Crippen molar-refractivity contribution >= 4 is 0 Å². The van der Waals surface area contributed by atoms with Crippen LogP contribution < -0.4 is 15.2 Å². The molecule has 0 amide bonds. The number of H-pyrrole nitrogens is 1. The lowest BCUT2D eigenvalue weighted by atomic mass is 9.79. The molecule has 3 N–H and O–H groups in total. The molecule has 3 aromatic rings. The van der Waals surface area contributed by atoms with Gasteiger partial charge in [0.2, 0.25) is 11.8 Å². The fourth-order valence-electron chi connectivity index (χ4n) is 3.65. The summed E-state index contributed by atoms with van der Waals surface area (Å²) in [7, 11) is 0. The van der Waals surface area contributed by atoms with Crippen molar-refractivity contribution in [3.63, 3.8) is 0 Å². The van der Waals surface area contributed by atoms with Crippen molar-refractivity contribution in [1.82, 2.24) is 10.2 Å². The Morgan fingerprint density at radius 1 is 1.13 bits per heavy atom. The summed E-state index contributed by atoms with van der Waals surface area (Å²) < 4.78 is 11.5. The number of nitrogens with two attached hydrogens (primary N) is 1. The van der Waals surface area contributed by atoms with Gasteiger partial charge in [0.1, 0.15) is 24.0 Å². The third-order valence-corrected chi connectivity index (χ3v) is 5.15. The quantitative estimate of drug-likeness (QED) is 0.672. The van der Waals surface area contributed by atoms with Crippen LogP contribution in [0.15, 0.2) is 66.1 Å². The summed E-state index contributed by atoms with van der Waals surface area (Å²) in [6, 6.07) is 20.0. The molecule has 0 bridgehead atoms. The van der Waals surface area contributed by atoms with Gasteiger partial charge in [0.15, 0.2) is 0 Å². The van der Waals surface area contributed by atoms with Crippen LogP contribution in [0.1, 0.15) is 49.1 Å². The highest BCUT2D eigenvalue weighted by atomic mass is 16.5. The van der Waals surface area contributed by atoms with Gasteiger partial charge in [0, 0.05) is 11.1 Å². The summed E-state index contributed by atoms with van der Waals surface area (Å²) in [6.07, 6.45) is 0. The van der Waals surface area contributed by atoms with Crippen LogP contribution in [0, 0.1) is 11.3 Å². The van der Waals surface area contributed by atoms with Crippen LogP contribution in [-0.2, 0) is 12.0 Å². The number of hydrogen-bond donors (Lipinski definition) is 2. The zero-order chi connectivity index (χ0) is 21.3. The molecule has 1 aromatic heterocycles. The maximum atomic E-state index is 9.79. The van der Waals surface area contributed by atoms with Gasteiger partial charge in [-0.1, -0.05) is 63.2 Å². The van der Waals surface area contributed by atoms with E-state index in [-0.39, 0.29) is 17.2 Å². The van der Waals surface area contributed by atoms with Crippen LogP contribution in [0.25, 0.3) is 0 Å². The van der Waals surface area contributed by atoms with E-state index in [4.69, 9.17) is 15.2 Å². The van der Waals surface area contributed by atoms with E-state index in [1.54, 1.807) is 0 Å². The molecule has 152 valence electrons. The van der Waals surface area contributed by atoms with Crippen molar-refractivity contribution in [3.05, 3.63) is 88.4 Å². The zero-order valence-electron chi connectivity index (χ0n) is 17.3. The van der Waals surface area contributed by atoms with Crippen LogP contribution in [0.2, 0.25) is 0 Å². The van der Waals surface area contributed by atoms with Crippen LogP contribution in [0.4, 0.5) is 0 Å². The summed E-state index contributed by atoms with van der Waals surface area (Å²) >= 11 is 0. The van der Waals surface area contributed by atoms with Crippen molar-refractivity contribution in [2.24, 2.45) is 5.73 Å². The first-order chi connectivity index (χ1) is 14.4. The first kappa shape index (κ1) is 19.6. The van der Waals surface area contributed by atoms with Gasteiger partial charge in [-0.25, -0.2) is 0 Å². The highest BCUT2D eigenvalue weighted by molar-refractivity contribution is 5.56. The number of hydrogen-bond acceptors (Lipinski definition) is 5. The minimum absolute atomic E-state index is 0.0892. The number of allylic oxidation sites excluding steroid dienone is 1. The Kier molecular flexibility index (Phi) is 4.96. The predicted octanol–water partition coefficient (Wildman–Crippen LogP) is 4.50. The lowest BCUT2D eigenvalue weighted by Crippen LogP contribution is -2.23. The second kappa shape index (κ2) is 7.60. The number of ether oxygens (including phenoxy) is 2. The summed E-state index contributed by atoms with van der Waals surface area (Å²) in [5.74, 6) is 0.917. The van der Waals surface area contributed by atoms with Gasteiger partial charge in [-0.2, -0.15) is 5.26 Å². The number of rotatable bonds is 4. The molecule has 1 atom stereocenters. The normalized spacial score (nSPS) is 15.9. The molecular weight excluding hydrogens is 376 g/mol. The Morgan fingerprint density at radius 2 is 1.83 bits per heavy atom. The van der Waals surface area contributed by atoms with E-state index < -0.39 is 0 Å². The molecule has 0 radical (unpaired) electrons. The molecule has 0 fully saturated rings. The second-order valence-corrected chi connectivity index (χ2v) is 8.34. The van der Waals surface area contributed by atoms with Crippen LogP contribution in [0.3, 0.4) is 0 Å². The third-order valence-electron chi connectivity index (χ3n) is 5.15. The van der Waals surface area contributed by atoms with E-state index in [0.29, 0.717) is 18.1 Å². The molecule has 0 saturated heterocycles.